The van der Waals surface area contributed by atoms with Crippen LogP contribution in [-0.4, -0.2) is 38.1 Å². The Morgan fingerprint density at radius 3 is 2.10 bits per heavy atom. The molecule has 0 spiro atoms. The van der Waals surface area contributed by atoms with Crippen LogP contribution in [0.3, 0.4) is 0 Å². The molecule has 152 valence electrons. The molecule has 0 heterocycles. The third-order valence-corrected chi connectivity index (χ3v) is 4.80. The van der Waals surface area contributed by atoms with E-state index in [0.717, 1.165) is 6.08 Å². The Labute approximate surface area is 171 Å². The molecule has 0 fully saturated rings. The second-order valence-corrected chi connectivity index (χ2v) is 6.89. The number of carbonyl (C=O) groups is 3. The topological polar surface area (TPSA) is 132 Å². The SMILES string of the molecule is Cc1cc(C(=C2C=CC(=O)C(C(=O)O)=C2)c2cc(C)c(O)c(C(=O)O)c2)ccc1O. The summed E-state index contributed by atoms with van der Waals surface area (Å²) in [6.45, 7) is 3.24. The molecular weight excluding hydrogens is 388 g/mol. The summed E-state index contributed by atoms with van der Waals surface area (Å²) in [5, 5.41) is 38.8. The number of carbonyl (C=O) groups excluding carboxylic acids is 1. The first-order chi connectivity index (χ1) is 14.1. The van der Waals surface area contributed by atoms with Crippen LogP contribution in [0.15, 0.2) is 59.7 Å². The molecule has 7 heteroatoms. The predicted molar refractivity (Wildman–Crippen MR) is 109 cm³/mol. The number of hydrogen-bond donors (Lipinski definition) is 4. The standard InChI is InChI=1S/C23H18O7/c1-11-7-13(3-5-18(11)24)20(14-4-6-19(25)16(9-14)22(27)28)15-8-12(2)21(26)17(10-15)23(29)30/h3-10,24,26H,1-2H3,(H,27,28)(H,29,30). The Balaban J connectivity index is 2.39. The Morgan fingerprint density at radius 2 is 1.50 bits per heavy atom. The van der Waals surface area contributed by atoms with E-state index in [4.69, 9.17) is 0 Å². The smallest absolute Gasteiger partial charge is 0.339 e. The molecule has 0 radical (unpaired) electrons. The predicted octanol–water partition coefficient (Wildman–Crippen LogP) is 3.36. The molecular formula is C23H18O7. The van der Waals surface area contributed by atoms with E-state index in [2.05, 4.69) is 0 Å². The lowest BCUT2D eigenvalue weighted by atomic mass is 9.87. The van der Waals surface area contributed by atoms with Crippen molar-refractivity contribution in [3.8, 4) is 11.5 Å². The normalized spacial score (nSPS) is 15.0. The van der Waals surface area contributed by atoms with Gasteiger partial charge >= 0.3 is 11.9 Å². The van der Waals surface area contributed by atoms with Crippen molar-refractivity contribution in [1.82, 2.24) is 0 Å². The number of phenols is 2. The first kappa shape index (κ1) is 20.6. The second-order valence-electron chi connectivity index (χ2n) is 6.89. The van der Waals surface area contributed by atoms with Crippen molar-refractivity contribution in [2.75, 3.05) is 0 Å². The van der Waals surface area contributed by atoms with Gasteiger partial charge in [-0.1, -0.05) is 12.1 Å². The van der Waals surface area contributed by atoms with Gasteiger partial charge in [0.15, 0.2) is 5.78 Å². The van der Waals surface area contributed by atoms with Gasteiger partial charge in [-0.25, -0.2) is 9.59 Å². The Kier molecular flexibility index (Phi) is 5.29. The van der Waals surface area contributed by atoms with E-state index in [1.807, 2.05) is 0 Å². The fourth-order valence-corrected chi connectivity index (χ4v) is 3.25. The van der Waals surface area contributed by atoms with Crippen molar-refractivity contribution in [3.63, 3.8) is 0 Å². The molecule has 1 aliphatic carbocycles. The maximum Gasteiger partial charge on any atom is 0.339 e. The number of aromatic hydroxyl groups is 2. The average Bonchev–Trinajstić information content (AvgIpc) is 2.68. The highest BCUT2D eigenvalue weighted by atomic mass is 16.4. The van der Waals surface area contributed by atoms with Gasteiger partial charge in [-0.05, 0) is 83.7 Å². The summed E-state index contributed by atoms with van der Waals surface area (Å²) in [6, 6.07) is 7.60. The summed E-state index contributed by atoms with van der Waals surface area (Å²) in [6.07, 6.45) is 3.82. The lowest BCUT2D eigenvalue weighted by Crippen LogP contribution is -2.13. The van der Waals surface area contributed by atoms with Crippen LogP contribution in [0.1, 0.15) is 32.6 Å². The Hall–Kier alpha value is -4.13. The van der Waals surface area contributed by atoms with Crippen molar-refractivity contribution in [2.45, 2.75) is 13.8 Å². The largest absolute Gasteiger partial charge is 0.508 e. The van der Waals surface area contributed by atoms with Crippen LogP contribution in [0.4, 0.5) is 0 Å². The number of aromatic carboxylic acids is 1. The zero-order valence-corrected chi connectivity index (χ0v) is 16.1. The summed E-state index contributed by atoms with van der Waals surface area (Å²) in [7, 11) is 0. The molecule has 3 rings (SSSR count). The number of carboxylic acids is 2. The van der Waals surface area contributed by atoms with Crippen LogP contribution in [0, 0.1) is 13.8 Å². The van der Waals surface area contributed by atoms with Gasteiger partial charge in [-0.15, -0.1) is 0 Å². The third-order valence-electron chi connectivity index (χ3n) is 4.80. The van der Waals surface area contributed by atoms with Gasteiger partial charge in [-0.2, -0.15) is 0 Å². The zero-order chi connectivity index (χ0) is 22.2. The molecule has 2 aromatic rings. The molecule has 0 saturated heterocycles. The minimum atomic E-state index is -1.38. The van der Waals surface area contributed by atoms with E-state index in [0.29, 0.717) is 33.4 Å². The highest BCUT2D eigenvalue weighted by molar-refractivity contribution is 6.23. The van der Waals surface area contributed by atoms with E-state index < -0.39 is 23.3 Å². The molecule has 0 amide bonds. The minimum Gasteiger partial charge on any atom is -0.508 e. The molecule has 4 N–H and O–H groups in total. The van der Waals surface area contributed by atoms with E-state index in [1.54, 1.807) is 32.0 Å². The van der Waals surface area contributed by atoms with Crippen LogP contribution in [0.2, 0.25) is 0 Å². The van der Waals surface area contributed by atoms with Crippen LogP contribution in [-0.2, 0) is 9.59 Å². The monoisotopic (exact) mass is 406 g/mol. The van der Waals surface area contributed by atoms with Gasteiger partial charge < -0.3 is 20.4 Å². The zero-order valence-electron chi connectivity index (χ0n) is 16.1. The number of phenolic OH excluding ortho intramolecular Hbond substituents is 1. The first-order valence-electron chi connectivity index (χ1n) is 8.89. The molecule has 30 heavy (non-hydrogen) atoms. The molecule has 1 aliphatic rings. The van der Waals surface area contributed by atoms with E-state index in [-0.39, 0.29) is 17.1 Å². The molecule has 7 nitrogen and oxygen atoms in total. The lowest BCUT2D eigenvalue weighted by Gasteiger charge is -2.17. The quantitative estimate of drug-likeness (QED) is 0.572. The van der Waals surface area contributed by atoms with Gasteiger partial charge in [0.25, 0.3) is 0 Å². The van der Waals surface area contributed by atoms with Crippen molar-refractivity contribution in [2.24, 2.45) is 0 Å². The number of rotatable bonds is 4. The number of allylic oxidation sites excluding steroid dienone is 4. The number of hydrogen-bond acceptors (Lipinski definition) is 5. The van der Waals surface area contributed by atoms with E-state index in [9.17, 15) is 34.8 Å². The Morgan fingerprint density at radius 1 is 0.833 bits per heavy atom. The summed E-state index contributed by atoms with van der Waals surface area (Å²) < 4.78 is 0. The van der Waals surface area contributed by atoms with Crippen LogP contribution >= 0.6 is 0 Å². The summed E-state index contributed by atoms with van der Waals surface area (Å²) in [4.78, 5) is 35.0. The van der Waals surface area contributed by atoms with Gasteiger partial charge in [0.05, 0.1) is 0 Å². The number of benzene rings is 2. The van der Waals surface area contributed by atoms with Crippen molar-refractivity contribution in [1.29, 1.82) is 0 Å². The summed E-state index contributed by atoms with van der Waals surface area (Å²) >= 11 is 0. The van der Waals surface area contributed by atoms with Gasteiger partial charge in [0.1, 0.15) is 22.6 Å². The highest BCUT2D eigenvalue weighted by Gasteiger charge is 2.23. The molecule has 0 saturated carbocycles. The van der Waals surface area contributed by atoms with E-state index >= 15 is 0 Å². The highest BCUT2D eigenvalue weighted by Crippen LogP contribution is 2.36. The maximum absolute atomic E-state index is 11.9. The molecule has 0 bridgehead atoms. The number of ketones is 1. The third kappa shape index (κ3) is 3.73. The van der Waals surface area contributed by atoms with Gasteiger partial charge in [-0.3, -0.25) is 4.79 Å². The van der Waals surface area contributed by atoms with Crippen molar-refractivity contribution in [3.05, 3.63) is 87.5 Å². The summed E-state index contributed by atoms with van der Waals surface area (Å²) in [5.41, 5.74) is 1.94. The number of carboxylic acid groups (broad SMARTS) is 2. The molecule has 0 unspecified atom stereocenters. The second kappa shape index (κ2) is 7.71. The molecule has 0 aromatic heterocycles. The van der Waals surface area contributed by atoms with Gasteiger partial charge in [0.2, 0.25) is 0 Å². The molecule has 0 atom stereocenters. The fraction of sp³-hybridized carbons (Fsp3) is 0.0870. The van der Waals surface area contributed by atoms with E-state index in [1.165, 1.54) is 24.3 Å². The number of aryl methyl sites for hydroxylation is 2. The first-order valence-corrected chi connectivity index (χ1v) is 8.89. The van der Waals surface area contributed by atoms with Crippen LogP contribution in [0.5, 0.6) is 11.5 Å². The van der Waals surface area contributed by atoms with Gasteiger partial charge in [0, 0.05) is 0 Å². The maximum atomic E-state index is 11.9. The molecule has 2 aromatic carbocycles. The molecule has 0 aliphatic heterocycles. The lowest BCUT2D eigenvalue weighted by molar-refractivity contribution is -0.134. The van der Waals surface area contributed by atoms with Crippen LogP contribution < -0.4 is 0 Å². The average molecular weight is 406 g/mol. The van der Waals surface area contributed by atoms with Crippen molar-refractivity contribution < 1.29 is 34.8 Å². The minimum absolute atomic E-state index is 0.0624. The van der Waals surface area contributed by atoms with Crippen molar-refractivity contribution >= 4 is 23.3 Å². The fourth-order valence-electron chi connectivity index (χ4n) is 3.25. The Bertz CT molecular complexity index is 1200. The summed E-state index contributed by atoms with van der Waals surface area (Å²) in [5.74, 6) is -3.66. The van der Waals surface area contributed by atoms with Crippen LogP contribution in [0.25, 0.3) is 5.57 Å². The number of aliphatic carboxylic acids is 1.